The van der Waals surface area contributed by atoms with Crippen molar-refractivity contribution in [3.8, 4) is 22.8 Å². The van der Waals surface area contributed by atoms with Crippen molar-refractivity contribution in [2.75, 3.05) is 5.32 Å². The maximum absolute atomic E-state index is 11.1. The zero-order valence-corrected chi connectivity index (χ0v) is 10.7. The van der Waals surface area contributed by atoms with Gasteiger partial charge in [-0.25, -0.2) is 0 Å². The fraction of sp³-hybridized carbons (Fsp3) is 0.231. The third kappa shape index (κ3) is 2.52. The molecule has 0 bridgehead atoms. The van der Waals surface area contributed by atoms with E-state index in [1.54, 1.807) is 6.07 Å². The second kappa shape index (κ2) is 5.01. The zero-order chi connectivity index (χ0) is 14.0. The third-order valence-electron chi connectivity index (χ3n) is 2.80. The summed E-state index contributed by atoms with van der Waals surface area (Å²) in [5.74, 6) is -0.258. The molecule has 2 aromatic rings. The Morgan fingerprint density at radius 1 is 1.37 bits per heavy atom. The highest BCUT2D eigenvalue weighted by Crippen LogP contribution is 2.37. The summed E-state index contributed by atoms with van der Waals surface area (Å²) >= 11 is 0. The van der Waals surface area contributed by atoms with E-state index in [4.69, 9.17) is 0 Å². The van der Waals surface area contributed by atoms with Crippen LogP contribution < -0.4 is 5.32 Å². The highest BCUT2D eigenvalue weighted by molar-refractivity contribution is 5.93. The number of nitrogens with zero attached hydrogens (tertiary/aromatic N) is 1. The van der Waals surface area contributed by atoms with Gasteiger partial charge in [-0.2, -0.15) is 5.10 Å². The summed E-state index contributed by atoms with van der Waals surface area (Å²) in [5.41, 5.74) is 2.17. The van der Waals surface area contributed by atoms with Crippen LogP contribution in [-0.2, 0) is 11.2 Å². The molecule has 6 heteroatoms. The molecule has 0 spiro atoms. The summed E-state index contributed by atoms with van der Waals surface area (Å²) in [6.07, 6.45) is 2.09. The third-order valence-corrected chi connectivity index (χ3v) is 2.80. The van der Waals surface area contributed by atoms with Gasteiger partial charge in [0.05, 0.1) is 17.6 Å². The number of H-pyrrole nitrogens is 1. The molecule has 19 heavy (non-hydrogen) atoms. The molecule has 1 heterocycles. The number of aromatic amines is 1. The van der Waals surface area contributed by atoms with Gasteiger partial charge in [0.2, 0.25) is 5.91 Å². The van der Waals surface area contributed by atoms with Crippen LogP contribution in [0.15, 0.2) is 18.3 Å². The Labute approximate surface area is 110 Å². The molecule has 0 saturated carbocycles. The lowest BCUT2D eigenvalue weighted by Crippen LogP contribution is -2.05. The number of carbonyl (C=O) groups excluding carboxylic acids is 1. The van der Waals surface area contributed by atoms with Crippen LogP contribution in [0.1, 0.15) is 19.4 Å². The number of amides is 1. The van der Waals surface area contributed by atoms with Crippen LogP contribution in [0.4, 0.5) is 5.69 Å². The Morgan fingerprint density at radius 3 is 2.74 bits per heavy atom. The van der Waals surface area contributed by atoms with Crippen molar-refractivity contribution in [3.05, 3.63) is 23.9 Å². The lowest BCUT2D eigenvalue weighted by atomic mass is 10.0. The first kappa shape index (κ1) is 12.9. The molecule has 0 saturated heterocycles. The number of hydrogen-bond acceptors (Lipinski definition) is 4. The molecule has 0 aliphatic heterocycles. The number of anilines is 1. The number of aromatic nitrogens is 2. The first-order valence-electron chi connectivity index (χ1n) is 5.89. The summed E-state index contributed by atoms with van der Waals surface area (Å²) in [6.45, 7) is 3.29. The predicted molar refractivity (Wildman–Crippen MR) is 71.0 cm³/mol. The van der Waals surface area contributed by atoms with Gasteiger partial charge in [0.15, 0.2) is 0 Å². The molecule has 2 rings (SSSR count). The van der Waals surface area contributed by atoms with E-state index in [0.717, 1.165) is 0 Å². The Bertz CT molecular complexity index is 620. The van der Waals surface area contributed by atoms with Crippen molar-refractivity contribution < 1.29 is 15.0 Å². The van der Waals surface area contributed by atoms with Gasteiger partial charge >= 0.3 is 0 Å². The van der Waals surface area contributed by atoms with E-state index in [1.807, 2.05) is 6.92 Å². The van der Waals surface area contributed by atoms with Crippen LogP contribution in [-0.4, -0.2) is 26.3 Å². The number of phenolic OH excluding ortho intramolecular Hbond substituents is 2. The molecular weight excluding hydrogens is 246 g/mol. The normalized spacial score (nSPS) is 10.4. The predicted octanol–water partition coefficient (Wildman–Crippen LogP) is 2.01. The lowest BCUT2D eigenvalue weighted by molar-refractivity contribution is -0.114. The molecule has 100 valence electrons. The van der Waals surface area contributed by atoms with Crippen LogP contribution in [0.3, 0.4) is 0 Å². The van der Waals surface area contributed by atoms with E-state index in [9.17, 15) is 15.0 Å². The quantitative estimate of drug-likeness (QED) is 0.679. The minimum Gasteiger partial charge on any atom is -0.508 e. The van der Waals surface area contributed by atoms with E-state index in [0.29, 0.717) is 28.9 Å². The molecule has 4 N–H and O–H groups in total. The maximum Gasteiger partial charge on any atom is 0.221 e. The van der Waals surface area contributed by atoms with Gasteiger partial charge in [0.25, 0.3) is 0 Å². The summed E-state index contributed by atoms with van der Waals surface area (Å²) in [4.78, 5) is 11.1. The van der Waals surface area contributed by atoms with E-state index in [2.05, 4.69) is 15.5 Å². The van der Waals surface area contributed by atoms with Crippen molar-refractivity contribution >= 4 is 11.6 Å². The van der Waals surface area contributed by atoms with Crippen LogP contribution in [0.25, 0.3) is 11.3 Å². The Balaban J connectivity index is 2.52. The number of phenols is 2. The Hall–Kier alpha value is -2.50. The van der Waals surface area contributed by atoms with Crippen molar-refractivity contribution in [1.82, 2.24) is 10.2 Å². The highest BCUT2D eigenvalue weighted by atomic mass is 16.3. The molecule has 1 aromatic carbocycles. The van der Waals surface area contributed by atoms with Gasteiger partial charge in [-0.3, -0.25) is 9.89 Å². The van der Waals surface area contributed by atoms with Crippen molar-refractivity contribution in [3.63, 3.8) is 0 Å². The largest absolute Gasteiger partial charge is 0.508 e. The second-order valence-corrected chi connectivity index (χ2v) is 4.19. The van der Waals surface area contributed by atoms with Crippen LogP contribution >= 0.6 is 0 Å². The van der Waals surface area contributed by atoms with Gasteiger partial charge < -0.3 is 15.5 Å². The number of carbonyl (C=O) groups is 1. The average molecular weight is 261 g/mol. The first-order chi connectivity index (χ1) is 9.02. The molecule has 0 radical (unpaired) electrons. The molecule has 1 amide bonds. The van der Waals surface area contributed by atoms with Crippen molar-refractivity contribution in [2.45, 2.75) is 20.3 Å². The number of aryl methyl sites for hydroxylation is 1. The van der Waals surface area contributed by atoms with E-state index in [-0.39, 0.29) is 17.4 Å². The Kier molecular flexibility index (Phi) is 3.41. The van der Waals surface area contributed by atoms with E-state index >= 15 is 0 Å². The van der Waals surface area contributed by atoms with Crippen LogP contribution in [0.2, 0.25) is 0 Å². The molecule has 0 aliphatic carbocycles. The number of aromatic hydroxyl groups is 2. The maximum atomic E-state index is 11.1. The first-order valence-corrected chi connectivity index (χ1v) is 5.89. The van der Waals surface area contributed by atoms with Gasteiger partial charge in [-0.05, 0) is 18.1 Å². The van der Waals surface area contributed by atoms with Crippen molar-refractivity contribution in [2.24, 2.45) is 0 Å². The van der Waals surface area contributed by atoms with Crippen LogP contribution in [0, 0.1) is 0 Å². The van der Waals surface area contributed by atoms with Gasteiger partial charge in [-0.1, -0.05) is 6.92 Å². The smallest absolute Gasteiger partial charge is 0.221 e. The molecule has 0 unspecified atom stereocenters. The summed E-state index contributed by atoms with van der Waals surface area (Å²) in [7, 11) is 0. The molecule has 0 aliphatic rings. The molecule has 0 atom stereocenters. The number of rotatable bonds is 3. The minimum absolute atomic E-state index is 0.0457. The summed E-state index contributed by atoms with van der Waals surface area (Å²) in [6, 6.07) is 2.95. The SMILES string of the molecule is CCc1cc(-c2[nH]ncc2NC(C)=O)c(O)cc1O. The standard InChI is InChI=1S/C13H15N3O3/c1-3-8-4-9(12(19)5-11(8)18)13-10(6-14-16-13)15-7(2)17/h4-6,18-19H,3H2,1-2H3,(H,14,16)(H,15,17). The molecular formula is C13H15N3O3. The van der Waals surface area contributed by atoms with Gasteiger partial charge in [0.1, 0.15) is 11.5 Å². The number of hydrogen-bond donors (Lipinski definition) is 4. The fourth-order valence-corrected chi connectivity index (χ4v) is 1.88. The fourth-order valence-electron chi connectivity index (χ4n) is 1.88. The van der Waals surface area contributed by atoms with Gasteiger partial charge in [-0.15, -0.1) is 0 Å². The van der Waals surface area contributed by atoms with Crippen LogP contribution in [0.5, 0.6) is 11.5 Å². The Morgan fingerprint density at radius 2 is 2.11 bits per heavy atom. The minimum atomic E-state index is -0.225. The topological polar surface area (TPSA) is 98.2 Å². The zero-order valence-electron chi connectivity index (χ0n) is 10.7. The van der Waals surface area contributed by atoms with E-state index < -0.39 is 0 Å². The molecule has 1 aromatic heterocycles. The number of nitrogens with one attached hydrogen (secondary N) is 2. The number of benzene rings is 1. The van der Waals surface area contributed by atoms with Gasteiger partial charge in [0, 0.05) is 18.6 Å². The summed E-state index contributed by atoms with van der Waals surface area (Å²) < 4.78 is 0. The monoisotopic (exact) mass is 261 g/mol. The molecule has 0 fully saturated rings. The average Bonchev–Trinajstić information content (AvgIpc) is 2.76. The van der Waals surface area contributed by atoms with E-state index in [1.165, 1.54) is 19.2 Å². The highest BCUT2D eigenvalue weighted by Gasteiger charge is 2.15. The molecule has 6 nitrogen and oxygen atoms in total. The second-order valence-electron chi connectivity index (χ2n) is 4.19. The van der Waals surface area contributed by atoms with Crippen molar-refractivity contribution in [1.29, 1.82) is 0 Å². The summed E-state index contributed by atoms with van der Waals surface area (Å²) in [5, 5.41) is 28.8. The lowest BCUT2D eigenvalue weighted by Gasteiger charge is -2.09.